The maximum atomic E-state index is 6.61. The second-order valence-corrected chi connectivity index (χ2v) is 9.72. The molecule has 2 N–H and O–H groups in total. The van der Waals surface area contributed by atoms with Gasteiger partial charge in [-0.3, -0.25) is 0 Å². The Hall–Kier alpha value is -3.61. The maximum absolute atomic E-state index is 6.61. The van der Waals surface area contributed by atoms with Crippen LogP contribution in [-0.2, 0) is 5.54 Å². The molecule has 1 fully saturated rings. The number of benzene rings is 2. The molecule has 0 radical (unpaired) electrons. The molecule has 0 spiro atoms. The van der Waals surface area contributed by atoms with Crippen LogP contribution in [0.1, 0.15) is 26.3 Å². The average Bonchev–Trinajstić information content (AvgIpc) is 3.16. The molecule has 1 saturated heterocycles. The Balaban J connectivity index is 1.56. The SMILES string of the molecule is Cc1cccc(-c2nc(N3CCN(c4ccccc4)CC3)nc3nn(C(C)(C)C)c(N)c23)c1. The number of fused-ring (bicyclic) bond motifs is 1. The second kappa shape index (κ2) is 8.06. The van der Waals surface area contributed by atoms with Crippen molar-refractivity contribution in [3.05, 3.63) is 60.2 Å². The van der Waals surface area contributed by atoms with Crippen molar-refractivity contribution in [2.45, 2.75) is 33.2 Å². The first-order valence-electron chi connectivity index (χ1n) is 11.5. The van der Waals surface area contributed by atoms with Crippen molar-refractivity contribution >= 4 is 28.5 Å². The van der Waals surface area contributed by atoms with Crippen molar-refractivity contribution in [1.29, 1.82) is 0 Å². The fourth-order valence-electron chi connectivity index (χ4n) is 4.46. The van der Waals surface area contributed by atoms with E-state index in [1.807, 2.05) is 4.68 Å². The molecule has 0 saturated carbocycles. The van der Waals surface area contributed by atoms with E-state index < -0.39 is 0 Å². The van der Waals surface area contributed by atoms with Crippen LogP contribution in [-0.4, -0.2) is 45.9 Å². The van der Waals surface area contributed by atoms with Gasteiger partial charge in [0.05, 0.1) is 16.6 Å². The molecule has 0 atom stereocenters. The van der Waals surface area contributed by atoms with Crippen molar-refractivity contribution in [3.8, 4) is 11.3 Å². The molecule has 2 aromatic carbocycles. The summed E-state index contributed by atoms with van der Waals surface area (Å²) in [6, 6.07) is 18.9. The molecular weight excluding hydrogens is 410 g/mol. The standard InChI is InChI=1S/C26H31N7/c1-18-9-8-10-19(17-18)22-21-23(27)33(26(2,3)4)30-24(21)29-25(28-22)32-15-13-31(14-16-32)20-11-6-5-7-12-20/h5-12,17H,13-16,27H2,1-4H3. The van der Waals surface area contributed by atoms with E-state index in [4.69, 9.17) is 20.8 Å². The molecule has 170 valence electrons. The number of hydrogen-bond acceptors (Lipinski definition) is 6. The summed E-state index contributed by atoms with van der Waals surface area (Å²) < 4.78 is 1.86. The van der Waals surface area contributed by atoms with Crippen LogP contribution in [0.4, 0.5) is 17.5 Å². The van der Waals surface area contributed by atoms with Gasteiger partial charge in [-0.05, 0) is 45.9 Å². The minimum atomic E-state index is -0.254. The number of aryl methyl sites for hydroxylation is 1. The van der Waals surface area contributed by atoms with Gasteiger partial charge < -0.3 is 15.5 Å². The zero-order chi connectivity index (χ0) is 23.2. The lowest BCUT2D eigenvalue weighted by Gasteiger charge is -2.36. The predicted octanol–water partition coefficient (Wildman–Crippen LogP) is 4.47. The molecule has 33 heavy (non-hydrogen) atoms. The number of hydrogen-bond donors (Lipinski definition) is 1. The highest BCUT2D eigenvalue weighted by atomic mass is 15.4. The summed E-state index contributed by atoms with van der Waals surface area (Å²) in [5, 5.41) is 5.64. The first-order chi connectivity index (χ1) is 15.8. The minimum absolute atomic E-state index is 0.254. The van der Waals surface area contributed by atoms with Crippen molar-refractivity contribution in [3.63, 3.8) is 0 Å². The van der Waals surface area contributed by atoms with Crippen molar-refractivity contribution in [1.82, 2.24) is 19.7 Å². The third-order valence-electron chi connectivity index (χ3n) is 6.17. The number of anilines is 3. The summed E-state index contributed by atoms with van der Waals surface area (Å²) in [6.45, 7) is 11.9. The number of aromatic nitrogens is 4. The fraction of sp³-hybridized carbons (Fsp3) is 0.346. The first kappa shape index (κ1) is 21.2. The summed E-state index contributed by atoms with van der Waals surface area (Å²) in [6.07, 6.45) is 0. The molecule has 2 aromatic heterocycles. The number of nitrogen functional groups attached to an aromatic ring is 1. The predicted molar refractivity (Wildman–Crippen MR) is 136 cm³/mol. The topological polar surface area (TPSA) is 76.1 Å². The van der Waals surface area contributed by atoms with Gasteiger partial charge in [0.15, 0.2) is 5.65 Å². The largest absolute Gasteiger partial charge is 0.383 e. The lowest BCUT2D eigenvalue weighted by atomic mass is 10.1. The molecule has 0 unspecified atom stereocenters. The highest BCUT2D eigenvalue weighted by Gasteiger charge is 2.26. The normalized spacial score (nSPS) is 14.8. The summed E-state index contributed by atoms with van der Waals surface area (Å²) in [5.74, 6) is 1.32. The van der Waals surface area contributed by atoms with Gasteiger partial charge in [-0.2, -0.15) is 4.98 Å². The van der Waals surface area contributed by atoms with E-state index in [0.717, 1.165) is 42.8 Å². The zero-order valence-electron chi connectivity index (χ0n) is 19.8. The minimum Gasteiger partial charge on any atom is -0.383 e. The molecule has 7 nitrogen and oxygen atoms in total. The van der Waals surface area contributed by atoms with E-state index in [0.29, 0.717) is 17.4 Å². The van der Waals surface area contributed by atoms with Crippen molar-refractivity contribution in [2.24, 2.45) is 0 Å². The molecule has 1 aliphatic rings. The van der Waals surface area contributed by atoms with Gasteiger partial charge in [0, 0.05) is 37.4 Å². The Labute approximate surface area is 194 Å². The van der Waals surface area contributed by atoms with Gasteiger partial charge in [-0.1, -0.05) is 42.0 Å². The van der Waals surface area contributed by atoms with Crippen molar-refractivity contribution < 1.29 is 0 Å². The van der Waals surface area contributed by atoms with Crippen LogP contribution >= 0.6 is 0 Å². The highest BCUT2D eigenvalue weighted by molar-refractivity contribution is 5.99. The van der Waals surface area contributed by atoms with Gasteiger partial charge in [-0.25, -0.2) is 9.67 Å². The zero-order valence-corrected chi connectivity index (χ0v) is 19.8. The summed E-state index contributed by atoms with van der Waals surface area (Å²) in [7, 11) is 0. The number of nitrogens with zero attached hydrogens (tertiary/aromatic N) is 6. The molecule has 4 aromatic rings. The third kappa shape index (κ3) is 3.99. The van der Waals surface area contributed by atoms with Gasteiger partial charge in [0.25, 0.3) is 0 Å². The van der Waals surface area contributed by atoms with Crippen LogP contribution in [0.15, 0.2) is 54.6 Å². The number of piperazine rings is 1. The van der Waals surface area contributed by atoms with E-state index in [-0.39, 0.29) is 5.54 Å². The molecule has 3 heterocycles. The lowest BCUT2D eigenvalue weighted by Crippen LogP contribution is -2.47. The molecule has 1 aliphatic heterocycles. The molecule has 5 rings (SSSR count). The van der Waals surface area contributed by atoms with Gasteiger partial charge in [0.2, 0.25) is 5.95 Å². The molecule has 0 aliphatic carbocycles. The quantitative estimate of drug-likeness (QED) is 0.506. The second-order valence-electron chi connectivity index (χ2n) is 9.72. The Morgan fingerprint density at radius 3 is 2.21 bits per heavy atom. The smallest absolute Gasteiger partial charge is 0.228 e. The van der Waals surface area contributed by atoms with Crippen LogP contribution in [0, 0.1) is 6.92 Å². The van der Waals surface area contributed by atoms with Crippen molar-refractivity contribution in [2.75, 3.05) is 41.7 Å². The van der Waals surface area contributed by atoms with Crippen LogP contribution in [0.3, 0.4) is 0 Å². The molecule has 7 heteroatoms. The van der Waals surface area contributed by atoms with Crippen LogP contribution in [0.5, 0.6) is 0 Å². The average molecular weight is 442 g/mol. The Kier molecular flexibility index (Phi) is 5.19. The van der Waals surface area contributed by atoms with Crippen LogP contribution < -0.4 is 15.5 Å². The van der Waals surface area contributed by atoms with E-state index in [9.17, 15) is 0 Å². The lowest BCUT2D eigenvalue weighted by molar-refractivity contribution is 0.364. The fourth-order valence-corrected chi connectivity index (χ4v) is 4.46. The molecular formula is C26H31N7. The monoisotopic (exact) mass is 441 g/mol. The molecule has 0 bridgehead atoms. The van der Waals surface area contributed by atoms with Gasteiger partial charge in [-0.15, -0.1) is 5.10 Å². The summed E-state index contributed by atoms with van der Waals surface area (Å²) in [5.41, 5.74) is 11.3. The maximum Gasteiger partial charge on any atom is 0.228 e. The summed E-state index contributed by atoms with van der Waals surface area (Å²) >= 11 is 0. The Morgan fingerprint density at radius 1 is 0.848 bits per heavy atom. The summed E-state index contributed by atoms with van der Waals surface area (Å²) in [4.78, 5) is 14.6. The number of nitrogens with two attached hydrogens (primary N) is 1. The molecule has 0 amide bonds. The Bertz CT molecular complexity index is 1280. The number of rotatable bonds is 3. The van der Waals surface area contributed by atoms with Crippen LogP contribution in [0.2, 0.25) is 0 Å². The number of para-hydroxylation sites is 1. The van der Waals surface area contributed by atoms with E-state index in [1.54, 1.807) is 0 Å². The van der Waals surface area contributed by atoms with E-state index >= 15 is 0 Å². The highest BCUT2D eigenvalue weighted by Crippen LogP contribution is 2.35. The Morgan fingerprint density at radius 2 is 1.55 bits per heavy atom. The van der Waals surface area contributed by atoms with E-state index in [1.165, 1.54) is 11.3 Å². The third-order valence-corrected chi connectivity index (χ3v) is 6.17. The first-order valence-corrected chi connectivity index (χ1v) is 11.5. The van der Waals surface area contributed by atoms with Gasteiger partial charge in [0.1, 0.15) is 5.82 Å². The van der Waals surface area contributed by atoms with Gasteiger partial charge >= 0.3 is 0 Å². The van der Waals surface area contributed by atoms with E-state index in [2.05, 4.69) is 92.1 Å². The van der Waals surface area contributed by atoms with Crippen LogP contribution in [0.25, 0.3) is 22.3 Å².